The lowest BCUT2D eigenvalue weighted by Gasteiger charge is -2.38. The van der Waals surface area contributed by atoms with Crippen molar-refractivity contribution < 1.29 is 9.90 Å². The Balaban J connectivity index is 2.10. The second-order valence-corrected chi connectivity index (χ2v) is 5.99. The second kappa shape index (κ2) is 5.37. The van der Waals surface area contributed by atoms with Gasteiger partial charge in [-0.05, 0) is 50.7 Å². The molecule has 1 heterocycles. The van der Waals surface area contributed by atoms with Crippen molar-refractivity contribution in [2.24, 2.45) is 13.0 Å². The predicted molar refractivity (Wildman–Crippen MR) is 75.1 cm³/mol. The van der Waals surface area contributed by atoms with Gasteiger partial charge in [0.1, 0.15) is 5.69 Å². The summed E-state index contributed by atoms with van der Waals surface area (Å²) in [7, 11) is 1.89. The number of nitrogens with zero attached hydrogens (tertiary/aromatic N) is 1. The van der Waals surface area contributed by atoms with Crippen molar-refractivity contribution in [2.75, 3.05) is 6.61 Å². The highest BCUT2D eigenvalue weighted by Crippen LogP contribution is 2.31. The van der Waals surface area contributed by atoms with Crippen molar-refractivity contribution in [3.8, 4) is 0 Å². The van der Waals surface area contributed by atoms with E-state index in [9.17, 15) is 9.90 Å². The lowest BCUT2D eigenvalue weighted by Crippen LogP contribution is -2.53. The van der Waals surface area contributed by atoms with Crippen LogP contribution in [0.3, 0.4) is 0 Å². The highest BCUT2D eigenvalue weighted by molar-refractivity contribution is 5.93. The molecule has 0 aromatic carbocycles. The number of hydrogen-bond acceptors (Lipinski definition) is 2. The van der Waals surface area contributed by atoms with Crippen LogP contribution in [-0.2, 0) is 7.05 Å². The van der Waals surface area contributed by atoms with Crippen LogP contribution < -0.4 is 5.32 Å². The smallest absolute Gasteiger partial charge is 0.268 e. The monoisotopic (exact) mass is 264 g/mol. The van der Waals surface area contributed by atoms with Crippen molar-refractivity contribution >= 4 is 5.91 Å². The third-order valence-electron chi connectivity index (χ3n) is 4.52. The molecule has 2 rings (SSSR count). The van der Waals surface area contributed by atoms with E-state index in [1.807, 2.05) is 30.7 Å². The molecule has 1 aliphatic rings. The molecule has 0 atom stereocenters. The van der Waals surface area contributed by atoms with Crippen LogP contribution in [0, 0.1) is 12.8 Å². The van der Waals surface area contributed by atoms with Crippen molar-refractivity contribution in [2.45, 2.75) is 45.1 Å². The number of hydrogen-bond donors (Lipinski definition) is 2. The van der Waals surface area contributed by atoms with E-state index in [1.165, 1.54) is 0 Å². The highest BCUT2D eigenvalue weighted by atomic mass is 16.3. The van der Waals surface area contributed by atoms with E-state index >= 15 is 0 Å². The van der Waals surface area contributed by atoms with Crippen molar-refractivity contribution in [3.63, 3.8) is 0 Å². The Morgan fingerprint density at radius 2 is 2.11 bits per heavy atom. The summed E-state index contributed by atoms with van der Waals surface area (Å²) in [6.07, 6.45) is 3.85. The van der Waals surface area contributed by atoms with Crippen LogP contribution in [0.2, 0.25) is 0 Å². The van der Waals surface area contributed by atoms with Crippen molar-refractivity contribution in [1.29, 1.82) is 0 Å². The SMILES string of the molecule is Cc1ccc(C(=O)NC2(CO)CCC(C)CC2)n1C. The largest absolute Gasteiger partial charge is 0.394 e. The summed E-state index contributed by atoms with van der Waals surface area (Å²) in [6.45, 7) is 4.22. The highest BCUT2D eigenvalue weighted by Gasteiger charge is 2.35. The topological polar surface area (TPSA) is 54.3 Å². The zero-order valence-corrected chi connectivity index (χ0v) is 12.1. The summed E-state index contributed by atoms with van der Waals surface area (Å²) in [5.74, 6) is 0.605. The number of aromatic nitrogens is 1. The van der Waals surface area contributed by atoms with Gasteiger partial charge in [-0.2, -0.15) is 0 Å². The first-order valence-corrected chi connectivity index (χ1v) is 7.03. The van der Waals surface area contributed by atoms with Crippen LogP contribution in [0.15, 0.2) is 12.1 Å². The quantitative estimate of drug-likeness (QED) is 0.877. The number of nitrogens with one attached hydrogen (secondary N) is 1. The first kappa shape index (κ1) is 14.1. The summed E-state index contributed by atoms with van der Waals surface area (Å²) in [6, 6.07) is 3.77. The molecule has 1 fully saturated rings. The molecule has 106 valence electrons. The fourth-order valence-corrected chi connectivity index (χ4v) is 2.78. The van der Waals surface area contributed by atoms with Gasteiger partial charge in [-0.3, -0.25) is 4.79 Å². The summed E-state index contributed by atoms with van der Waals surface area (Å²) in [4.78, 5) is 12.3. The molecule has 1 aliphatic carbocycles. The van der Waals surface area contributed by atoms with Crippen LogP contribution in [0.1, 0.15) is 48.8 Å². The molecule has 4 heteroatoms. The molecule has 4 nitrogen and oxygen atoms in total. The van der Waals surface area contributed by atoms with Crippen LogP contribution in [0.4, 0.5) is 0 Å². The fourth-order valence-electron chi connectivity index (χ4n) is 2.78. The number of rotatable bonds is 3. The molecule has 1 saturated carbocycles. The number of amides is 1. The van der Waals surface area contributed by atoms with Gasteiger partial charge >= 0.3 is 0 Å². The fraction of sp³-hybridized carbons (Fsp3) is 0.667. The van der Waals surface area contributed by atoms with Gasteiger partial charge in [0.25, 0.3) is 5.91 Å². The van der Waals surface area contributed by atoms with Crippen LogP contribution in [-0.4, -0.2) is 27.7 Å². The minimum Gasteiger partial charge on any atom is -0.394 e. The molecule has 0 bridgehead atoms. The molecule has 19 heavy (non-hydrogen) atoms. The van der Waals surface area contributed by atoms with E-state index in [0.717, 1.165) is 31.4 Å². The van der Waals surface area contributed by atoms with Gasteiger partial charge in [-0.25, -0.2) is 0 Å². The maximum Gasteiger partial charge on any atom is 0.268 e. The molecular formula is C15H24N2O2. The van der Waals surface area contributed by atoms with Gasteiger partial charge < -0.3 is 15.0 Å². The van der Waals surface area contributed by atoms with E-state index in [2.05, 4.69) is 12.2 Å². The standard InChI is InChI=1S/C15H24N2O2/c1-11-6-8-15(10-18,9-7-11)16-14(19)13-5-4-12(2)17(13)3/h4-5,11,18H,6-10H2,1-3H3,(H,16,19). The van der Waals surface area contributed by atoms with Gasteiger partial charge in [-0.15, -0.1) is 0 Å². The molecule has 1 amide bonds. The number of aliphatic hydroxyl groups is 1. The summed E-state index contributed by atoms with van der Waals surface area (Å²) < 4.78 is 1.88. The Bertz CT molecular complexity index is 457. The summed E-state index contributed by atoms with van der Waals surface area (Å²) >= 11 is 0. The number of aryl methyl sites for hydroxylation is 1. The van der Waals surface area contributed by atoms with E-state index in [-0.39, 0.29) is 12.5 Å². The Kier molecular flexibility index (Phi) is 3.99. The van der Waals surface area contributed by atoms with Gasteiger partial charge in [0.15, 0.2) is 0 Å². The maximum atomic E-state index is 12.3. The Hall–Kier alpha value is -1.29. The minimum absolute atomic E-state index is 0.0227. The second-order valence-electron chi connectivity index (χ2n) is 5.99. The Morgan fingerprint density at radius 3 is 2.58 bits per heavy atom. The van der Waals surface area contributed by atoms with Gasteiger partial charge in [-0.1, -0.05) is 6.92 Å². The Labute approximate surface area is 114 Å². The molecule has 0 saturated heterocycles. The predicted octanol–water partition coefficient (Wildman–Crippen LogP) is 2.00. The van der Waals surface area contributed by atoms with Gasteiger partial charge in [0, 0.05) is 12.7 Å². The van der Waals surface area contributed by atoms with Gasteiger partial charge in [0.2, 0.25) is 0 Å². The third-order valence-corrected chi connectivity index (χ3v) is 4.52. The first-order valence-electron chi connectivity index (χ1n) is 7.03. The molecular weight excluding hydrogens is 240 g/mol. The normalized spacial score (nSPS) is 27.3. The lowest BCUT2D eigenvalue weighted by molar-refractivity contribution is 0.0710. The zero-order chi connectivity index (χ0) is 14.0. The molecule has 2 N–H and O–H groups in total. The van der Waals surface area contributed by atoms with Crippen LogP contribution in [0.25, 0.3) is 0 Å². The van der Waals surface area contributed by atoms with Crippen molar-refractivity contribution in [3.05, 3.63) is 23.5 Å². The van der Waals surface area contributed by atoms with Crippen LogP contribution in [0.5, 0.6) is 0 Å². The Morgan fingerprint density at radius 1 is 1.47 bits per heavy atom. The molecule has 0 radical (unpaired) electrons. The van der Waals surface area contributed by atoms with E-state index in [1.54, 1.807) is 0 Å². The molecule has 0 spiro atoms. The molecule has 0 aliphatic heterocycles. The summed E-state index contributed by atoms with van der Waals surface area (Å²) in [5.41, 5.74) is 1.28. The van der Waals surface area contributed by atoms with Crippen LogP contribution >= 0.6 is 0 Å². The number of aliphatic hydroxyl groups excluding tert-OH is 1. The number of carbonyl (C=O) groups is 1. The van der Waals surface area contributed by atoms with E-state index < -0.39 is 5.54 Å². The van der Waals surface area contributed by atoms with E-state index in [0.29, 0.717) is 11.6 Å². The van der Waals surface area contributed by atoms with Crippen molar-refractivity contribution in [1.82, 2.24) is 9.88 Å². The summed E-state index contributed by atoms with van der Waals surface area (Å²) in [5, 5.41) is 12.7. The molecule has 1 aromatic heterocycles. The average molecular weight is 264 g/mol. The average Bonchev–Trinajstić information content (AvgIpc) is 2.73. The zero-order valence-electron chi connectivity index (χ0n) is 12.1. The lowest BCUT2D eigenvalue weighted by atomic mass is 9.77. The first-order chi connectivity index (χ1) is 8.97. The minimum atomic E-state index is -0.429. The third kappa shape index (κ3) is 2.84. The van der Waals surface area contributed by atoms with E-state index in [4.69, 9.17) is 0 Å². The maximum absolute atomic E-state index is 12.3. The molecule has 1 aromatic rings. The molecule has 0 unspecified atom stereocenters. The number of carbonyl (C=O) groups excluding carboxylic acids is 1. The van der Waals surface area contributed by atoms with Gasteiger partial charge in [0.05, 0.1) is 12.1 Å².